The SMILES string of the molecule is C#CC(CC)NS(=O)(=O)c1cccnc1. The summed E-state index contributed by atoms with van der Waals surface area (Å²) < 4.78 is 25.8. The van der Waals surface area contributed by atoms with Crippen LogP contribution in [0.2, 0.25) is 0 Å². The van der Waals surface area contributed by atoms with Gasteiger partial charge >= 0.3 is 0 Å². The van der Waals surface area contributed by atoms with Crippen LogP contribution in [0.15, 0.2) is 29.4 Å². The monoisotopic (exact) mass is 224 g/mol. The molecule has 1 N–H and O–H groups in total. The molecule has 0 spiro atoms. The molecule has 15 heavy (non-hydrogen) atoms. The topological polar surface area (TPSA) is 59.1 Å². The summed E-state index contributed by atoms with van der Waals surface area (Å²) in [5, 5.41) is 0. The molecule has 0 saturated carbocycles. The Morgan fingerprint density at radius 1 is 1.67 bits per heavy atom. The van der Waals surface area contributed by atoms with Crippen LogP contribution in [0.5, 0.6) is 0 Å². The Labute approximate surface area is 89.8 Å². The largest absolute Gasteiger partial charge is 0.263 e. The van der Waals surface area contributed by atoms with Gasteiger partial charge in [0.05, 0.1) is 6.04 Å². The molecule has 0 fully saturated rings. The zero-order valence-electron chi connectivity index (χ0n) is 8.34. The number of hydrogen-bond acceptors (Lipinski definition) is 3. The van der Waals surface area contributed by atoms with Gasteiger partial charge in [-0.25, -0.2) is 8.42 Å². The van der Waals surface area contributed by atoms with E-state index in [1.54, 1.807) is 6.07 Å². The molecule has 1 rings (SSSR count). The second-order valence-corrected chi connectivity index (χ2v) is 4.65. The number of sulfonamides is 1. The van der Waals surface area contributed by atoms with E-state index in [2.05, 4.69) is 15.6 Å². The first-order chi connectivity index (χ1) is 7.10. The molecule has 0 saturated heterocycles. The summed E-state index contributed by atoms with van der Waals surface area (Å²) >= 11 is 0. The smallest absolute Gasteiger partial charge is 0.243 e. The van der Waals surface area contributed by atoms with Gasteiger partial charge in [0, 0.05) is 12.4 Å². The lowest BCUT2D eigenvalue weighted by Gasteiger charge is -2.10. The van der Waals surface area contributed by atoms with Gasteiger partial charge in [-0.1, -0.05) is 12.8 Å². The molecule has 80 valence electrons. The number of pyridine rings is 1. The van der Waals surface area contributed by atoms with Crippen molar-refractivity contribution in [1.82, 2.24) is 9.71 Å². The van der Waals surface area contributed by atoms with Crippen LogP contribution in [0.1, 0.15) is 13.3 Å². The number of terminal acetylenes is 1. The minimum Gasteiger partial charge on any atom is -0.263 e. The van der Waals surface area contributed by atoms with Crippen LogP contribution >= 0.6 is 0 Å². The van der Waals surface area contributed by atoms with E-state index in [-0.39, 0.29) is 4.90 Å². The van der Waals surface area contributed by atoms with Crippen LogP contribution in [0.4, 0.5) is 0 Å². The van der Waals surface area contributed by atoms with Gasteiger partial charge in [0.15, 0.2) is 0 Å². The van der Waals surface area contributed by atoms with Gasteiger partial charge in [0.25, 0.3) is 0 Å². The number of nitrogens with one attached hydrogen (secondary N) is 1. The van der Waals surface area contributed by atoms with E-state index in [9.17, 15) is 8.42 Å². The average Bonchev–Trinajstić information content (AvgIpc) is 2.27. The third-order valence-corrected chi connectivity index (χ3v) is 3.31. The Morgan fingerprint density at radius 2 is 2.40 bits per heavy atom. The Kier molecular flexibility index (Phi) is 3.83. The first kappa shape index (κ1) is 11.7. The van der Waals surface area contributed by atoms with Crippen molar-refractivity contribution in [3.05, 3.63) is 24.5 Å². The third-order valence-electron chi connectivity index (χ3n) is 1.85. The molecule has 1 aromatic rings. The highest BCUT2D eigenvalue weighted by molar-refractivity contribution is 7.89. The van der Waals surface area contributed by atoms with E-state index >= 15 is 0 Å². The zero-order chi connectivity index (χ0) is 11.3. The Balaban J connectivity index is 2.91. The fraction of sp³-hybridized carbons (Fsp3) is 0.300. The maximum absolute atomic E-state index is 11.7. The highest BCUT2D eigenvalue weighted by Crippen LogP contribution is 2.06. The first-order valence-electron chi connectivity index (χ1n) is 4.48. The summed E-state index contributed by atoms with van der Waals surface area (Å²) in [4.78, 5) is 3.86. The predicted molar refractivity (Wildman–Crippen MR) is 57.5 cm³/mol. The van der Waals surface area contributed by atoms with E-state index in [0.29, 0.717) is 6.42 Å². The summed E-state index contributed by atoms with van der Waals surface area (Å²) in [6.45, 7) is 1.82. The van der Waals surface area contributed by atoms with Gasteiger partial charge < -0.3 is 0 Å². The first-order valence-corrected chi connectivity index (χ1v) is 5.97. The van der Waals surface area contributed by atoms with Crippen LogP contribution in [0.3, 0.4) is 0 Å². The molecule has 0 radical (unpaired) electrons. The molecule has 0 aliphatic carbocycles. The summed E-state index contributed by atoms with van der Waals surface area (Å²) in [6, 6.07) is 2.56. The molecule has 1 aromatic heterocycles. The molecular weight excluding hydrogens is 212 g/mol. The van der Waals surface area contributed by atoms with Crippen molar-refractivity contribution in [3.8, 4) is 12.3 Å². The molecule has 1 unspecified atom stereocenters. The van der Waals surface area contributed by atoms with Crippen molar-refractivity contribution in [2.75, 3.05) is 0 Å². The number of nitrogens with zero attached hydrogens (tertiary/aromatic N) is 1. The van der Waals surface area contributed by atoms with Crippen LogP contribution in [-0.4, -0.2) is 19.4 Å². The molecule has 0 bridgehead atoms. The second kappa shape index (κ2) is 4.91. The molecule has 5 heteroatoms. The Bertz CT molecular complexity index is 448. The van der Waals surface area contributed by atoms with Crippen molar-refractivity contribution < 1.29 is 8.42 Å². The molecule has 1 heterocycles. The van der Waals surface area contributed by atoms with Crippen LogP contribution in [0.25, 0.3) is 0 Å². The maximum Gasteiger partial charge on any atom is 0.243 e. The van der Waals surface area contributed by atoms with Crippen molar-refractivity contribution in [3.63, 3.8) is 0 Å². The van der Waals surface area contributed by atoms with Crippen LogP contribution < -0.4 is 4.72 Å². The van der Waals surface area contributed by atoms with Crippen LogP contribution in [0, 0.1) is 12.3 Å². The lowest BCUT2D eigenvalue weighted by molar-refractivity contribution is 0.570. The molecule has 4 nitrogen and oxygen atoms in total. The molecule has 1 atom stereocenters. The van der Waals surface area contributed by atoms with Crippen molar-refractivity contribution in [2.45, 2.75) is 24.3 Å². The quantitative estimate of drug-likeness (QED) is 0.768. The van der Waals surface area contributed by atoms with Gasteiger partial charge in [0.1, 0.15) is 4.90 Å². The normalized spacial score (nSPS) is 13.1. The fourth-order valence-electron chi connectivity index (χ4n) is 0.997. The Hall–Kier alpha value is -1.38. The highest BCUT2D eigenvalue weighted by Gasteiger charge is 2.17. The summed E-state index contributed by atoms with van der Waals surface area (Å²) in [5.41, 5.74) is 0. The lowest BCUT2D eigenvalue weighted by Crippen LogP contribution is -2.33. The maximum atomic E-state index is 11.7. The van der Waals surface area contributed by atoms with Gasteiger partial charge in [-0.15, -0.1) is 6.42 Å². The molecule has 0 aliphatic heterocycles. The average molecular weight is 224 g/mol. The second-order valence-electron chi connectivity index (χ2n) is 2.94. The van der Waals surface area contributed by atoms with E-state index in [0.717, 1.165) is 0 Å². The number of aromatic nitrogens is 1. The predicted octanol–water partition coefficient (Wildman–Crippen LogP) is 0.772. The van der Waals surface area contributed by atoms with Crippen molar-refractivity contribution in [2.24, 2.45) is 0 Å². The van der Waals surface area contributed by atoms with E-state index in [1.807, 2.05) is 6.92 Å². The summed E-state index contributed by atoms with van der Waals surface area (Å²) in [7, 11) is -3.54. The summed E-state index contributed by atoms with van der Waals surface area (Å²) in [6.07, 6.45) is 8.52. The standard InChI is InChI=1S/C10H12N2O2S/c1-3-9(4-2)12-15(13,14)10-6-5-7-11-8-10/h1,5-9,12H,4H2,2H3. The molecule has 0 aliphatic rings. The highest BCUT2D eigenvalue weighted by atomic mass is 32.2. The van der Waals surface area contributed by atoms with Crippen LogP contribution in [-0.2, 0) is 10.0 Å². The minimum atomic E-state index is -3.54. The minimum absolute atomic E-state index is 0.124. The third kappa shape index (κ3) is 3.05. The van der Waals surface area contributed by atoms with Gasteiger partial charge in [-0.3, -0.25) is 4.98 Å². The van der Waals surface area contributed by atoms with Crippen molar-refractivity contribution in [1.29, 1.82) is 0 Å². The lowest BCUT2D eigenvalue weighted by atomic mass is 10.3. The summed E-state index contributed by atoms with van der Waals surface area (Å²) in [5.74, 6) is 2.37. The van der Waals surface area contributed by atoms with Gasteiger partial charge in [-0.05, 0) is 18.6 Å². The zero-order valence-corrected chi connectivity index (χ0v) is 9.16. The molecule has 0 aromatic carbocycles. The number of hydrogen-bond donors (Lipinski definition) is 1. The van der Waals surface area contributed by atoms with Gasteiger partial charge in [0.2, 0.25) is 10.0 Å². The Morgan fingerprint density at radius 3 is 2.87 bits per heavy atom. The molecule has 0 amide bonds. The number of rotatable bonds is 4. The van der Waals surface area contributed by atoms with E-state index < -0.39 is 16.1 Å². The van der Waals surface area contributed by atoms with Crippen molar-refractivity contribution >= 4 is 10.0 Å². The van der Waals surface area contributed by atoms with E-state index in [4.69, 9.17) is 6.42 Å². The van der Waals surface area contributed by atoms with E-state index in [1.165, 1.54) is 18.5 Å². The fourth-order valence-corrected chi connectivity index (χ4v) is 2.20. The van der Waals surface area contributed by atoms with Gasteiger partial charge in [-0.2, -0.15) is 4.72 Å². The molecular formula is C10H12N2O2S.